The van der Waals surface area contributed by atoms with Gasteiger partial charge in [0.25, 0.3) is 6.20 Å². The van der Waals surface area contributed by atoms with Gasteiger partial charge in [0.05, 0.1) is 19.1 Å². The first kappa shape index (κ1) is 14.2. The summed E-state index contributed by atoms with van der Waals surface area (Å²) >= 11 is 1.25. The fourth-order valence-electron chi connectivity index (χ4n) is 1.29. The van der Waals surface area contributed by atoms with E-state index in [4.69, 9.17) is 9.47 Å². The summed E-state index contributed by atoms with van der Waals surface area (Å²) in [5.74, 6) is 1.16. The standard InChI is InChI=1S/C11H14N2O4S/c1-16-9-5-4-8(6-10(9)17-2)12-11(18-3)7-13(14)15/h4-7,12H,1-3H3. The topological polar surface area (TPSA) is 73.6 Å². The fourth-order valence-corrected chi connectivity index (χ4v) is 1.70. The van der Waals surface area contributed by atoms with Crippen LogP contribution in [0.25, 0.3) is 0 Å². The summed E-state index contributed by atoms with van der Waals surface area (Å²) in [4.78, 5) is 9.91. The molecule has 0 heterocycles. The molecule has 7 heteroatoms. The Balaban J connectivity index is 2.94. The fraction of sp³-hybridized carbons (Fsp3) is 0.273. The Kier molecular flexibility index (Phi) is 5.31. The zero-order valence-electron chi connectivity index (χ0n) is 10.3. The highest BCUT2D eigenvalue weighted by molar-refractivity contribution is 8.02. The largest absolute Gasteiger partial charge is 0.493 e. The van der Waals surface area contributed by atoms with Gasteiger partial charge in [-0.05, 0) is 18.4 Å². The first-order chi connectivity index (χ1) is 8.60. The van der Waals surface area contributed by atoms with E-state index in [1.165, 1.54) is 18.9 Å². The van der Waals surface area contributed by atoms with Crippen molar-refractivity contribution < 1.29 is 14.4 Å². The van der Waals surface area contributed by atoms with E-state index < -0.39 is 4.92 Å². The summed E-state index contributed by atoms with van der Waals surface area (Å²) in [7, 11) is 3.08. The molecule has 0 saturated carbocycles. The van der Waals surface area contributed by atoms with Gasteiger partial charge in [0, 0.05) is 11.8 Å². The monoisotopic (exact) mass is 270 g/mol. The van der Waals surface area contributed by atoms with Crippen LogP contribution in [0.3, 0.4) is 0 Å². The van der Waals surface area contributed by atoms with Gasteiger partial charge in [-0.1, -0.05) is 0 Å². The second-order valence-corrected chi connectivity index (χ2v) is 4.03. The van der Waals surface area contributed by atoms with E-state index in [1.807, 2.05) is 0 Å². The van der Waals surface area contributed by atoms with Crippen LogP contribution in [-0.4, -0.2) is 25.4 Å². The highest BCUT2D eigenvalue weighted by Crippen LogP contribution is 2.30. The lowest BCUT2D eigenvalue weighted by molar-refractivity contribution is -0.402. The maximum Gasteiger partial charge on any atom is 0.264 e. The Morgan fingerprint density at radius 3 is 2.56 bits per heavy atom. The molecule has 1 aromatic rings. The average molecular weight is 270 g/mol. The van der Waals surface area contributed by atoms with Crippen molar-refractivity contribution in [3.8, 4) is 11.5 Å². The predicted octanol–water partition coefficient (Wildman–Crippen LogP) is 2.55. The summed E-state index contributed by atoms with van der Waals surface area (Å²) in [6.07, 6.45) is 2.67. The molecule has 6 nitrogen and oxygen atoms in total. The number of nitro groups is 1. The van der Waals surface area contributed by atoms with Crippen LogP contribution in [0.5, 0.6) is 11.5 Å². The summed E-state index contributed by atoms with van der Waals surface area (Å²) in [6.45, 7) is 0. The molecular formula is C11H14N2O4S. The number of nitrogens with one attached hydrogen (secondary N) is 1. The van der Waals surface area contributed by atoms with Crippen LogP contribution in [0.4, 0.5) is 5.69 Å². The molecule has 1 rings (SSSR count). The van der Waals surface area contributed by atoms with Gasteiger partial charge >= 0.3 is 0 Å². The molecule has 18 heavy (non-hydrogen) atoms. The van der Waals surface area contributed by atoms with E-state index in [0.717, 1.165) is 6.20 Å². The Labute approximate surface area is 109 Å². The molecule has 0 aliphatic carbocycles. The van der Waals surface area contributed by atoms with Gasteiger partial charge in [-0.2, -0.15) is 0 Å². The minimum absolute atomic E-state index is 0.437. The molecular weight excluding hydrogens is 256 g/mol. The smallest absolute Gasteiger partial charge is 0.264 e. The van der Waals surface area contributed by atoms with Crippen LogP contribution in [0.2, 0.25) is 0 Å². The lowest BCUT2D eigenvalue weighted by atomic mass is 10.3. The lowest BCUT2D eigenvalue weighted by Crippen LogP contribution is -2.00. The van der Waals surface area contributed by atoms with E-state index in [9.17, 15) is 10.1 Å². The normalized spacial score (nSPS) is 10.9. The Morgan fingerprint density at radius 2 is 2.06 bits per heavy atom. The maximum absolute atomic E-state index is 10.4. The number of hydrogen-bond donors (Lipinski definition) is 1. The Bertz CT molecular complexity index is 462. The second-order valence-electron chi connectivity index (χ2n) is 3.18. The molecule has 98 valence electrons. The molecule has 1 N–H and O–H groups in total. The van der Waals surface area contributed by atoms with Crippen LogP contribution in [0.1, 0.15) is 0 Å². The van der Waals surface area contributed by atoms with Gasteiger partial charge in [0.2, 0.25) is 0 Å². The summed E-state index contributed by atoms with van der Waals surface area (Å²) in [5.41, 5.74) is 0.690. The van der Waals surface area contributed by atoms with Crippen molar-refractivity contribution in [1.29, 1.82) is 0 Å². The molecule has 1 aromatic carbocycles. The quantitative estimate of drug-likeness (QED) is 0.632. The van der Waals surface area contributed by atoms with Gasteiger partial charge in [0.15, 0.2) is 11.5 Å². The Hall–Kier alpha value is -1.89. The molecule has 0 saturated heterocycles. The van der Waals surface area contributed by atoms with Crippen molar-refractivity contribution in [3.05, 3.63) is 39.5 Å². The molecule has 0 fully saturated rings. The van der Waals surface area contributed by atoms with Crippen LogP contribution in [0, 0.1) is 10.1 Å². The van der Waals surface area contributed by atoms with Crippen molar-refractivity contribution in [1.82, 2.24) is 0 Å². The van der Waals surface area contributed by atoms with E-state index in [2.05, 4.69) is 5.32 Å². The number of methoxy groups -OCH3 is 2. The number of anilines is 1. The van der Waals surface area contributed by atoms with Crippen LogP contribution >= 0.6 is 11.8 Å². The van der Waals surface area contributed by atoms with Gasteiger partial charge in [-0.15, -0.1) is 11.8 Å². The van der Waals surface area contributed by atoms with E-state index in [1.54, 1.807) is 31.6 Å². The average Bonchev–Trinajstić information content (AvgIpc) is 2.37. The number of ether oxygens (including phenoxy) is 2. The van der Waals surface area contributed by atoms with Crippen molar-refractivity contribution in [2.45, 2.75) is 0 Å². The minimum atomic E-state index is -0.500. The molecule has 0 aromatic heterocycles. The maximum atomic E-state index is 10.4. The number of hydrogen-bond acceptors (Lipinski definition) is 6. The molecule has 0 aliphatic rings. The van der Waals surface area contributed by atoms with Crippen molar-refractivity contribution in [3.63, 3.8) is 0 Å². The van der Waals surface area contributed by atoms with E-state index in [-0.39, 0.29) is 0 Å². The number of rotatable bonds is 6. The third kappa shape index (κ3) is 3.85. The van der Waals surface area contributed by atoms with Gasteiger partial charge in [-0.3, -0.25) is 10.1 Å². The van der Waals surface area contributed by atoms with Crippen LogP contribution in [0.15, 0.2) is 29.4 Å². The van der Waals surface area contributed by atoms with Crippen molar-refractivity contribution >= 4 is 17.4 Å². The molecule has 0 aliphatic heterocycles. The number of thioether (sulfide) groups is 1. The molecule has 0 radical (unpaired) electrons. The van der Waals surface area contributed by atoms with E-state index in [0.29, 0.717) is 22.2 Å². The van der Waals surface area contributed by atoms with Crippen LogP contribution < -0.4 is 14.8 Å². The third-order valence-electron chi connectivity index (χ3n) is 2.09. The summed E-state index contributed by atoms with van der Waals surface area (Å²) < 4.78 is 10.3. The minimum Gasteiger partial charge on any atom is -0.493 e. The summed E-state index contributed by atoms with van der Waals surface area (Å²) in [5, 5.41) is 13.8. The predicted molar refractivity (Wildman–Crippen MR) is 71.8 cm³/mol. The van der Waals surface area contributed by atoms with Crippen molar-refractivity contribution in [2.75, 3.05) is 25.8 Å². The van der Waals surface area contributed by atoms with E-state index >= 15 is 0 Å². The second kappa shape index (κ2) is 6.75. The first-order valence-electron chi connectivity index (χ1n) is 4.99. The summed E-state index contributed by atoms with van der Waals surface area (Å²) in [6, 6.07) is 5.19. The molecule has 0 spiro atoms. The molecule has 0 amide bonds. The molecule has 0 atom stereocenters. The van der Waals surface area contributed by atoms with Crippen molar-refractivity contribution in [2.24, 2.45) is 0 Å². The molecule has 0 unspecified atom stereocenters. The zero-order chi connectivity index (χ0) is 13.5. The van der Waals surface area contributed by atoms with Gasteiger partial charge in [0.1, 0.15) is 5.03 Å². The van der Waals surface area contributed by atoms with Crippen LogP contribution in [-0.2, 0) is 0 Å². The number of nitrogens with zero attached hydrogens (tertiary/aromatic N) is 1. The van der Waals surface area contributed by atoms with Gasteiger partial charge in [-0.25, -0.2) is 0 Å². The molecule has 0 bridgehead atoms. The third-order valence-corrected chi connectivity index (χ3v) is 2.74. The van der Waals surface area contributed by atoms with Gasteiger partial charge < -0.3 is 14.8 Å². The highest BCUT2D eigenvalue weighted by Gasteiger charge is 2.07. The zero-order valence-corrected chi connectivity index (χ0v) is 11.1. The number of benzene rings is 1. The lowest BCUT2D eigenvalue weighted by Gasteiger charge is -2.11. The first-order valence-corrected chi connectivity index (χ1v) is 6.21. The Morgan fingerprint density at radius 1 is 1.39 bits per heavy atom. The SMILES string of the molecule is COc1ccc(NC(=C[N+](=O)[O-])SC)cc1OC. The highest BCUT2D eigenvalue weighted by atomic mass is 32.2.